The second-order valence-electron chi connectivity index (χ2n) is 4.69. The predicted molar refractivity (Wildman–Crippen MR) is 82.9 cm³/mol. The highest BCUT2D eigenvalue weighted by molar-refractivity contribution is 7.98. The molecule has 3 rings (SSSR count). The molecule has 0 saturated heterocycles. The third-order valence-electron chi connectivity index (χ3n) is 2.85. The Bertz CT molecular complexity index is 729. The van der Waals surface area contributed by atoms with E-state index < -0.39 is 0 Å². The van der Waals surface area contributed by atoms with E-state index >= 15 is 0 Å². The smallest absolute Gasteiger partial charge is 0.277 e. The first-order valence-corrected chi connectivity index (χ1v) is 8.26. The van der Waals surface area contributed by atoms with Crippen molar-refractivity contribution in [2.75, 3.05) is 0 Å². The number of rotatable bonds is 8. The molecule has 23 heavy (non-hydrogen) atoms. The van der Waals surface area contributed by atoms with Crippen LogP contribution in [-0.2, 0) is 18.8 Å². The van der Waals surface area contributed by atoms with Crippen molar-refractivity contribution in [2.24, 2.45) is 0 Å². The fourth-order valence-corrected chi connectivity index (χ4v) is 2.42. The molecule has 0 spiro atoms. The first-order chi connectivity index (χ1) is 11.3. The van der Waals surface area contributed by atoms with Crippen molar-refractivity contribution in [3.05, 3.63) is 48.0 Å². The standard InChI is InChI=1S/C15H16N4O3S/c1-2-6-12-16-18-14(21-12)10-23-15-19-17-13(22-15)9-20-11-7-4-3-5-8-11/h3-5,7-8H,2,6,9-10H2,1H3. The van der Waals surface area contributed by atoms with Gasteiger partial charge in [0, 0.05) is 6.42 Å². The summed E-state index contributed by atoms with van der Waals surface area (Å²) in [5.41, 5.74) is 0. The number of para-hydroxylation sites is 1. The Balaban J connectivity index is 1.48. The van der Waals surface area contributed by atoms with Crippen LogP contribution in [0.1, 0.15) is 31.0 Å². The van der Waals surface area contributed by atoms with E-state index in [2.05, 4.69) is 27.3 Å². The van der Waals surface area contributed by atoms with Crippen molar-refractivity contribution in [1.82, 2.24) is 20.4 Å². The summed E-state index contributed by atoms with van der Waals surface area (Å²) in [5, 5.41) is 16.3. The van der Waals surface area contributed by atoms with Crippen molar-refractivity contribution in [2.45, 2.75) is 37.3 Å². The van der Waals surface area contributed by atoms with Gasteiger partial charge in [-0.15, -0.1) is 20.4 Å². The predicted octanol–water partition coefficient (Wildman–Crippen LogP) is 3.28. The molecule has 0 N–H and O–H groups in total. The molecule has 3 aromatic rings. The Labute approximate surface area is 137 Å². The van der Waals surface area contributed by atoms with E-state index in [-0.39, 0.29) is 6.61 Å². The van der Waals surface area contributed by atoms with E-state index in [4.69, 9.17) is 13.6 Å². The number of hydrogen-bond acceptors (Lipinski definition) is 8. The number of nitrogens with zero attached hydrogens (tertiary/aromatic N) is 4. The average Bonchev–Trinajstić information content (AvgIpc) is 3.22. The third-order valence-corrected chi connectivity index (χ3v) is 3.65. The van der Waals surface area contributed by atoms with Gasteiger partial charge < -0.3 is 13.6 Å². The minimum atomic E-state index is 0.235. The maximum atomic E-state index is 5.55. The van der Waals surface area contributed by atoms with Gasteiger partial charge in [0.1, 0.15) is 5.75 Å². The Morgan fingerprint density at radius 2 is 1.74 bits per heavy atom. The van der Waals surface area contributed by atoms with Crippen LogP contribution in [0.25, 0.3) is 0 Å². The van der Waals surface area contributed by atoms with E-state index in [1.165, 1.54) is 11.8 Å². The number of aryl methyl sites for hydroxylation is 1. The molecule has 0 amide bonds. The van der Waals surface area contributed by atoms with Crippen LogP contribution >= 0.6 is 11.8 Å². The van der Waals surface area contributed by atoms with E-state index in [1.54, 1.807) is 0 Å². The van der Waals surface area contributed by atoms with Crippen LogP contribution in [-0.4, -0.2) is 20.4 Å². The number of aromatic nitrogens is 4. The molecule has 1 aromatic carbocycles. The summed E-state index contributed by atoms with van der Waals surface area (Å²) in [6.07, 6.45) is 1.77. The fourth-order valence-electron chi connectivity index (χ4n) is 1.80. The molecule has 8 heteroatoms. The lowest BCUT2D eigenvalue weighted by atomic mass is 10.3. The van der Waals surface area contributed by atoms with Gasteiger partial charge in [0.2, 0.25) is 11.8 Å². The van der Waals surface area contributed by atoms with Gasteiger partial charge in [-0.05, 0) is 18.6 Å². The lowest BCUT2D eigenvalue weighted by Crippen LogP contribution is -1.95. The molecular formula is C15H16N4O3S. The van der Waals surface area contributed by atoms with Gasteiger partial charge in [0.05, 0.1) is 5.75 Å². The normalized spacial score (nSPS) is 10.8. The van der Waals surface area contributed by atoms with E-state index in [1.807, 2.05) is 30.3 Å². The second-order valence-corrected chi connectivity index (χ2v) is 5.62. The quantitative estimate of drug-likeness (QED) is 0.581. The first kappa shape index (κ1) is 15.5. The first-order valence-electron chi connectivity index (χ1n) is 7.27. The van der Waals surface area contributed by atoms with Crippen LogP contribution in [0.15, 0.2) is 44.4 Å². The average molecular weight is 332 g/mol. The summed E-state index contributed by atoms with van der Waals surface area (Å²) in [4.78, 5) is 0. The van der Waals surface area contributed by atoms with E-state index in [0.717, 1.165) is 18.6 Å². The van der Waals surface area contributed by atoms with Crippen LogP contribution in [0.4, 0.5) is 0 Å². The highest BCUT2D eigenvalue weighted by Crippen LogP contribution is 2.21. The molecule has 0 radical (unpaired) electrons. The highest BCUT2D eigenvalue weighted by atomic mass is 32.2. The van der Waals surface area contributed by atoms with Gasteiger partial charge in [-0.2, -0.15) is 0 Å². The van der Waals surface area contributed by atoms with Gasteiger partial charge in [-0.3, -0.25) is 0 Å². The second kappa shape index (κ2) is 7.77. The van der Waals surface area contributed by atoms with Gasteiger partial charge in [0.25, 0.3) is 11.1 Å². The summed E-state index contributed by atoms with van der Waals surface area (Å²) < 4.78 is 16.6. The third kappa shape index (κ3) is 4.56. The van der Waals surface area contributed by atoms with Crippen molar-refractivity contribution in [1.29, 1.82) is 0 Å². The Hall–Kier alpha value is -2.35. The lowest BCUT2D eigenvalue weighted by Gasteiger charge is -2.01. The monoisotopic (exact) mass is 332 g/mol. The molecule has 0 unspecified atom stereocenters. The SMILES string of the molecule is CCCc1nnc(CSc2nnc(COc3ccccc3)o2)o1. The summed E-state index contributed by atoms with van der Waals surface area (Å²) in [7, 11) is 0. The molecule has 0 saturated carbocycles. The number of ether oxygens (including phenoxy) is 1. The van der Waals surface area contributed by atoms with Crippen molar-refractivity contribution in [3.8, 4) is 5.75 Å². The topological polar surface area (TPSA) is 87.1 Å². The molecule has 0 aliphatic carbocycles. The molecule has 0 aliphatic heterocycles. The van der Waals surface area contributed by atoms with Gasteiger partial charge >= 0.3 is 0 Å². The summed E-state index contributed by atoms with van der Waals surface area (Å²) in [6.45, 7) is 2.30. The zero-order chi connectivity index (χ0) is 15.9. The molecule has 120 valence electrons. The number of hydrogen-bond donors (Lipinski definition) is 0. The Morgan fingerprint density at radius 3 is 2.57 bits per heavy atom. The molecule has 0 bridgehead atoms. The van der Waals surface area contributed by atoms with Crippen LogP contribution in [0, 0.1) is 0 Å². The summed E-state index contributed by atoms with van der Waals surface area (Å²) in [6, 6.07) is 9.48. The molecule has 7 nitrogen and oxygen atoms in total. The number of thioether (sulfide) groups is 1. The van der Waals surface area contributed by atoms with Gasteiger partial charge in [-0.25, -0.2) is 0 Å². The van der Waals surface area contributed by atoms with Crippen LogP contribution in [0.5, 0.6) is 5.75 Å². The van der Waals surface area contributed by atoms with Crippen molar-refractivity contribution in [3.63, 3.8) is 0 Å². The zero-order valence-electron chi connectivity index (χ0n) is 12.6. The van der Waals surface area contributed by atoms with Crippen molar-refractivity contribution >= 4 is 11.8 Å². The maximum Gasteiger partial charge on any atom is 0.277 e. The Morgan fingerprint density at radius 1 is 0.957 bits per heavy atom. The lowest BCUT2D eigenvalue weighted by molar-refractivity contribution is 0.252. The fraction of sp³-hybridized carbons (Fsp3) is 0.333. The molecule has 0 atom stereocenters. The summed E-state index contributed by atoms with van der Waals surface area (Å²) in [5.74, 6) is 2.89. The minimum Gasteiger partial charge on any atom is -0.484 e. The van der Waals surface area contributed by atoms with E-state index in [9.17, 15) is 0 Å². The largest absolute Gasteiger partial charge is 0.484 e. The molecule has 2 aromatic heterocycles. The van der Waals surface area contributed by atoms with Crippen LogP contribution in [0.3, 0.4) is 0 Å². The molecular weight excluding hydrogens is 316 g/mol. The van der Waals surface area contributed by atoms with Gasteiger partial charge in [0.15, 0.2) is 6.61 Å². The van der Waals surface area contributed by atoms with Crippen LogP contribution < -0.4 is 4.74 Å². The molecule has 0 aliphatic rings. The molecule has 0 fully saturated rings. The summed E-state index contributed by atoms with van der Waals surface area (Å²) >= 11 is 1.36. The van der Waals surface area contributed by atoms with Crippen LogP contribution in [0.2, 0.25) is 0 Å². The van der Waals surface area contributed by atoms with Gasteiger partial charge in [-0.1, -0.05) is 36.9 Å². The van der Waals surface area contributed by atoms with Crippen molar-refractivity contribution < 1.29 is 13.6 Å². The molecule has 2 heterocycles. The highest BCUT2D eigenvalue weighted by Gasteiger charge is 2.11. The number of benzene rings is 1. The minimum absolute atomic E-state index is 0.235. The maximum absolute atomic E-state index is 5.55. The van der Waals surface area contributed by atoms with E-state index in [0.29, 0.717) is 28.6 Å². The Kier molecular flexibility index (Phi) is 5.25. The zero-order valence-corrected chi connectivity index (χ0v) is 13.5.